The molecule has 4 aromatic heterocycles. The van der Waals surface area contributed by atoms with Gasteiger partial charge in [0.05, 0.1) is 21.3 Å². The number of hydrogen-bond acceptors (Lipinski definition) is 7. The number of carbonyl (C=O) groups is 1. The van der Waals surface area contributed by atoms with E-state index in [2.05, 4.69) is 43.1 Å². The molecule has 6 nitrogen and oxygen atoms in total. The van der Waals surface area contributed by atoms with Crippen LogP contribution in [0, 0.1) is 6.92 Å². The molecule has 0 aliphatic carbocycles. The lowest BCUT2D eigenvalue weighted by Gasteiger charge is -2.04. The lowest BCUT2D eigenvalue weighted by atomic mass is 10.2. The van der Waals surface area contributed by atoms with E-state index in [-0.39, 0.29) is 6.03 Å². The van der Waals surface area contributed by atoms with E-state index in [1.807, 2.05) is 24.4 Å². The Labute approximate surface area is 174 Å². The van der Waals surface area contributed by atoms with Gasteiger partial charge in [-0.05, 0) is 37.6 Å². The Morgan fingerprint density at radius 2 is 2.00 bits per heavy atom. The third-order valence-corrected chi connectivity index (χ3v) is 6.57. The molecule has 0 bridgehead atoms. The topological polar surface area (TPSA) is 79.8 Å². The number of urea groups is 1. The van der Waals surface area contributed by atoms with Crippen molar-refractivity contribution in [3.63, 3.8) is 0 Å². The molecule has 0 aliphatic heterocycles. The van der Waals surface area contributed by atoms with Crippen molar-refractivity contribution in [2.45, 2.75) is 13.3 Å². The van der Waals surface area contributed by atoms with Gasteiger partial charge in [-0.1, -0.05) is 0 Å². The fourth-order valence-corrected chi connectivity index (χ4v) is 4.92. The molecule has 0 unspecified atom stereocenters. The summed E-state index contributed by atoms with van der Waals surface area (Å²) in [6.07, 6.45) is 4.25. The summed E-state index contributed by atoms with van der Waals surface area (Å²) in [5.41, 5.74) is 2.76. The highest BCUT2D eigenvalue weighted by Gasteiger charge is 2.09. The third kappa shape index (κ3) is 4.61. The molecule has 0 aromatic carbocycles. The minimum atomic E-state index is -0.251. The Hall–Kier alpha value is -2.62. The second-order valence-electron chi connectivity index (χ2n) is 5.93. The Bertz CT molecular complexity index is 1070. The van der Waals surface area contributed by atoms with Crippen molar-refractivity contribution in [2.24, 2.45) is 0 Å². The van der Waals surface area contributed by atoms with E-state index >= 15 is 0 Å². The number of hydrogen-bond donors (Lipinski definition) is 2. The molecule has 0 spiro atoms. The highest BCUT2D eigenvalue weighted by atomic mass is 32.1. The second-order valence-corrected chi connectivity index (χ2v) is 9.02. The van der Waals surface area contributed by atoms with Crippen LogP contribution in [-0.4, -0.2) is 27.5 Å². The molecule has 0 fully saturated rings. The number of aromatic nitrogens is 3. The first-order valence-electron chi connectivity index (χ1n) is 8.59. The number of rotatable bonds is 6. The molecule has 4 aromatic rings. The summed E-state index contributed by atoms with van der Waals surface area (Å²) in [6, 6.07) is 7.73. The number of thiophene rings is 1. The van der Waals surface area contributed by atoms with Crippen LogP contribution < -0.4 is 10.6 Å². The number of anilines is 1. The van der Waals surface area contributed by atoms with Gasteiger partial charge in [-0.3, -0.25) is 10.3 Å². The predicted octanol–water partition coefficient (Wildman–Crippen LogP) is 5.06. The number of nitrogens with one attached hydrogen (secondary N) is 2. The lowest BCUT2D eigenvalue weighted by Crippen LogP contribution is -2.30. The van der Waals surface area contributed by atoms with Gasteiger partial charge in [-0.2, -0.15) is 0 Å². The third-order valence-electron chi connectivity index (χ3n) is 3.87. The monoisotopic (exact) mass is 427 g/mol. The standard InChI is InChI=1S/C19H17N5OS3/c1-12-22-16(11-26-12)17-5-4-14(28-17)6-8-21-18(25)24-19-23-15(10-27-19)13-3-2-7-20-9-13/h2-5,7,9-11H,6,8H2,1H3,(H2,21,23,24,25). The molecule has 142 valence electrons. The van der Waals surface area contributed by atoms with Crippen molar-refractivity contribution in [1.29, 1.82) is 0 Å². The van der Waals surface area contributed by atoms with E-state index in [0.717, 1.165) is 33.3 Å². The first-order chi connectivity index (χ1) is 13.7. The van der Waals surface area contributed by atoms with Crippen molar-refractivity contribution < 1.29 is 4.79 Å². The first-order valence-corrected chi connectivity index (χ1v) is 11.2. The SMILES string of the molecule is Cc1nc(-c2ccc(CCNC(=O)Nc3nc(-c4cccnc4)cs3)s2)cs1. The molecule has 4 rings (SSSR count). The zero-order valence-corrected chi connectivity index (χ0v) is 17.5. The molecule has 9 heteroatoms. The van der Waals surface area contributed by atoms with Crippen molar-refractivity contribution in [1.82, 2.24) is 20.3 Å². The number of amides is 2. The highest BCUT2D eigenvalue weighted by molar-refractivity contribution is 7.16. The van der Waals surface area contributed by atoms with Gasteiger partial charge in [-0.25, -0.2) is 14.8 Å². The number of carbonyl (C=O) groups excluding carboxylic acids is 1. The summed E-state index contributed by atoms with van der Waals surface area (Å²) in [6.45, 7) is 2.57. The highest BCUT2D eigenvalue weighted by Crippen LogP contribution is 2.29. The summed E-state index contributed by atoms with van der Waals surface area (Å²) in [5, 5.41) is 11.3. The zero-order chi connectivity index (χ0) is 19.3. The molecule has 2 amide bonds. The van der Waals surface area contributed by atoms with Gasteiger partial charge in [0.25, 0.3) is 0 Å². The number of aryl methyl sites for hydroxylation is 1. The molecule has 28 heavy (non-hydrogen) atoms. The summed E-state index contributed by atoms with van der Waals surface area (Å²) in [7, 11) is 0. The Kier molecular flexibility index (Phi) is 5.75. The molecule has 0 saturated heterocycles. The van der Waals surface area contributed by atoms with Crippen molar-refractivity contribution >= 4 is 45.2 Å². The summed E-state index contributed by atoms with van der Waals surface area (Å²) in [5.74, 6) is 0. The number of nitrogens with zero attached hydrogens (tertiary/aromatic N) is 3. The smallest absolute Gasteiger partial charge is 0.321 e. The average Bonchev–Trinajstić information content (AvgIpc) is 3.44. The molecule has 0 saturated carbocycles. The van der Waals surface area contributed by atoms with Crippen molar-refractivity contribution in [2.75, 3.05) is 11.9 Å². The maximum Gasteiger partial charge on any atom is 0.321 e. The van der Waals surface area contributed by atoms with E-state index < -0.39 is 0 Å². The lowest BCUT2D eigenvalue weighted by molar-refractivity contribution is 0.252. The Morgan fingerprint density at radius 1 is 1.11 bits per heavy atom. The fraction of sp³-hybridized carbons (Fsp3) is 0.158. The molecule has 0 aliphatic rings. The molecule has 2 N–H and O–H groups in total. The minimum Gasteiger partial charge on any atom is -0.337 e. The fourth-order valence-electron chi connectivity index (χ4n) is 2.55. The molecule has 0 radical (unpaired) electrons. The van der Waals surface area contributed by atoms with Crippen LogP contribution in [0.15, 0.2) is 47.4 Å². The van der Waals surface area contributed by atoms with E-state index in [0.29, 0.717) is 11.7 Å². The molecule has 4 heterocycles. The van der Waals surface area contributed by atoms with Gasteiger partial charge in [-0.15, -0.1) is 34.0 Å². The molecular weight excluding hydrogens is 410 g/mol. The van der Waals surface area contributed by atoms with Crippen molar-refractivity contribution in [3.05, 3.63) is 57.3 Å². The summed E-state index contributed by atoms with van der Waals surface area (Å²) in [4.78, 5) is 27.5. The van der Waals surface area contributed by atoms with Crippen LogP contribution in [0.5, 0.6) is 0 Å². The van der Waals surface area contributed by atoms with Crippen LogP contribution in [0.2, 0.25) is 0 Å². The van der Waals surface area contributed by atoms with Gasteiger partial charge in [0.2, 0.25) is 0 Å². The number of thiazole rings is 2. The quantitative estimate of drug-likeness (QED) is 0.451. The van der Waals surface area contributed by atoms with Crippen LogP contribution in [0.1, 0.15) is 9.88 Å². The van der Waals surface area contributed by atoms with Gasteiger partial charge in [0.15, 0.2) is 5.13 Å². The van der Waals surface area contributed by atoms with Crippen LogP contribution in [-0.2, 0) is 6.42 Å². The zero-order valence-electron chi connectivity index (χ0n) is 15.0. The average molecular weight is 428 g/mol. The summed E-state index contributed by atoms with van der Waals surface area (Å²) < 4.78 is 0. The van der Waals surface area contributed by atoms with Crippen LogP contribution >= 0.6 is 34.0 Å². The van der Waals surface area contributed by atoms with Gasteiger partial charge >= 0.3 is 6.03 Å². The maximum absolute atomic E-state index is 12.1. The van der Waals surface area contributed by atoms with E-state index in [4.69, 9.17) is 0 Å². The van der Waals surface area contributed by atoms with Crippen LogP contribution in [0.3, 0.4) is 0 Å². The number of pyridine rings is 1. The second kappa shape index (κ2) is 8.59. The summed E-state index contributed by atoms with van der Waals surface area (Å²) >= 11 is 4.76. The van der Waals surface area contributed by atoms with Crippen LogP contribution in [0.25, 0.3) is 21.8 Å². The first kappa shape index (κ1) is 18.7. The Balaban J connectivity index is 1.26. The Morgan fingerprint density at radius 3 is 2.79 bits per heavy atom. The van der Waals surface area contributed by atoms with Gasteiger partial charge in [0.1, 0.15) is 0 Å². The molecule has 0 atom stereocenters. The van der Waals surface area contributed by atoms with E-state index in [1.165, 1.54) is 16.2 Å². The van der Waals surface area contributed by atoms with Gasteiger partial charge < -0.3 is 5.32 Å². The van der Waals surface area contributed by atoms with E-state index in [1.54, 1.807) is 35.1 Å². The maximum atomic E-state index is 12.1. The minimum absolute atomic E-state index is 0.251. The van der Waals surface area contributed by atoms with E-state index in [9.17, 15) is 4.79 Å². The predicted molar refractivity (Wildman–Crippen MR) is 116 cm³/mol. The largest absolute Gasteiger partial charge is 0.337 e. The van der Waals surface area contributed by atoms with Crippen LogP contribution in [0.4, 0.5) is 9.93 Å². The van der Waals surface area contributed by atoms with Crippen molar-refractivity contribution in [3.8, 4) is 21.8 Å². The van der Waals surface area contributed by atoms with Gasteiger partial charge in [0, 0.05) is 40.1 Å². The molecular formula is C19H17N5OS3. The normalized spacial score (nSPS) is 10.8.